The van der Waals surface area contributed by atoms with E-state index >= 15 is 0 Å². The lowest BCUT2D eigenvalue weighted by Crippen LogP contribution is -2.28. The average Bonchev–Trinajstić information content (AvgIpc) is 2.71. The standard InChI is InChI=1S/C20H20N2O5/c1-3-27-19(24)15-9-11-16(12-10-15)21-13-17(20(25)26-2)22-18(23)14-7-5-4-6-8-14/h4-13,21H,3H2,1-2H3,(H,22,23)/b17-13-. The van der Waals surface area contributed by atoms with E-state index in [9.17, 15) is 14.4 Å². The Labute approximate surface area is 157 Å². The van der Waals surface area contributed by atoms with Crippen LogP contribution in [0.4, 0.5) is 5.69 Å². The third-order valence-electron chi connectivity index (χ3n) is 3.47. The van der Waals surface area contributed by atoms with Gasteiger partial charge in [-0.15, -0.1) is 0 Å². The van der Waals surface area contributed by atoms with Gasteiger partial charge in [-0.05, 0) is 43.3 Å². The maximum Gasteiger partial charge on any atom is 0.356 e. The van der Waals surface area contributed by atoms with E-state index in [1.54, 1.807) is 61.5 Å². The van der Waals surface area contributed by atoms with Crippen LogP contribution < -0.4 is 10.6 Å². The summed E-state index contributed by atoms with van der Waals surface area (Å²) in [6, 6.07) is 15.0. The Morgan fingerprint density at radius 1 is 0.963 bits per heavy atom. The predicted octanol–water partition coefficient (Wildman–Crippen LogP) is 2.72. The number of nitrogens with one attached hydrogen (secondary N) is 2. The van der Waals surface area contributed by atoms with Crippen LogP contribution in [-0.4, -0.2) is 31.6 Å². The van der Waals surface area contributed by atoms with Crippen molar-refractivity contribution < 1.29 is 23.9 Å². The van der Waals surface area contributed by atoms with Gasteiger partial charge in [0.25, 0.3) is 5.91 Å². The lowest BCUT2D eigenvalue weighted by Gasteiger charge is -2.09. The first-order valence-electron chi connectivity index (χ1n) is 8.23. The zero-order chi connectivity index (χ0) is 19.6. The van der Waals surface area contributed by atoms with Crippen molar-refractivity contribution in [1.82, 2.24) is 5.32 Å². The number of amides is 1. The van der Waals surface area contributed by atoms with Crippen LogP contribution >= 0.6 is 0 Å². The van der Waals surface area contributed by atoms with Crippen LogP contribution in [0.15, 0.2) is 66.5 Å². The molecule has 0 saturated heterocycles. The molecule has 2 rings (SSSR count). The summed E-state index contributed by atoms with van der Waals surface area (Å²) >= 11 is 0. The Kier molecular flexibility index (Phi) is 7.13. The molecule has 0 unspecified atom stereocenters. The van der Waals surface area contributed by atoms with Crippen LogP contribution in [-0.2, 0) is 14.3 Å². The number of carbonyl (C=O) groups is 3. The zero-order valence-electron chi connectivity index (χ0n) is 15.0. The normalized spacial score (nSPS) is 10.7. The largest absolute Gasteiger partial charge is 0.464 e. The van der Waals surface area contributed by atoms with Crippen LogP contribution in [0.25, 0.3) is 0 Å². The molecule has 0 aliphatic carbocycles. The summed E-state index contributed by atoms with van der Waals surface area (Å²) in [5, 5.41) is 5.40. The topological polar surface area (TPSA) is 93.7 Å². The lowest BCUT2D eigenvalue weighted by molar-refractivity contribution is -0.136. The van der Waals surface area contributed by atoms with E-state index < -0.39 is 17.8 Å². The van der Waals surface area contributed by atoms with Gasteiger partial charge < -0.3 is 20.1 Å². The van der Waals surface area contributed by atoms with Crippen LogP contribution in [0.1, 0.15) is 27.6 Å². The minimum Gasteiger partial charge on any atom is -0.464 e. The predicted molar refractivity (Wildman–Crippen MR) is 100 cm³/mol. The van der Waals surface area contributed by atoms with E-state index in [0.29, 0.717) is 23.4 Å². The van der Waals surface area contributed by atoms with Crippen molar-refractivity contribution >= 4 is 23.5 Å². The summed E-state index contributed by atoms with van der Waals surface area (Å²) in [7, 11) is 1.22. The van der Waals surface area contributed by atoms with Gasteiger partial charge in [0.15, 0.2) is 0 Å². The van der Waals surface area contributed by atoms with Crippen LogP contribution in [0.2, 0.25) is 0 Å². The Bertz CT molecular complexity index is 829. The number of hydrogen-bond acceptors (Lipinski definition) is 6. The van der Waals surface area contributed by atoms with Gasteiger partial charge in [0.1, 0.15) is 5.70 Å². The molecule has 0 fully saturated rings. The second-order valence-electron chi connectivity index (χ2n) is 5.31. The van der Waals surface area contributed by atoms with Crippen molar-refractivity contribution in [3.63, 3.8) is 0 Å². The first-order valence-corrected chi connectivity index (χ1v) is 8.23. The number of esters is 2. The molecule has 7 nitrogen and oxygen atoms in total. The molecule has 7 heteroatoms. The fourth-order valence-electron chi connectivity index (χ4n) is 2.11. The van der Waals surface area contributed by atoms with Gasteiger partial charge in [-0.25, -0.2) is 9.59 Å². The second kappa shape index (κ2) is 9.76. The van der Waals surface area contributed by atoms with E-state index in [0.717, 1.165) is 0 Å². The number of hydrogen-bond donors (Lipinski definition) is 2. The molecule has 0 saturated carbocycles. The highest BCUT2D eigenvalue weighted by Gasteiger charge is 2.14. The van der Waals surface area contributed by atoms with Crippen molar-refractivity contribution in [3.05, 3.63) is 77.6 Å². The van der Waals surface area contributed by atoms with Crippen LogP contribution in [0, 0.1) is 0 Å². The number of rotatable bonds is 7. The Hall–Kier alpha value is -3.61. The van der Waals surface area contributed by atoms with Gasteiger partial charge in [-0.3, -0.25) is 4.79 Å². The third-order valence-corrected chi connectivity index (χ3v) is 3.47. The molecule has 140 valence electrons. The van der Waals surface area contributed by atoms with Gasteiger partial charge in [0.05, 0.1) is 19.3 Å². The smallest absolute Gasteiger partial charge is 0.356 e. The Balaban J connectivity index is 2.10. The molecule has 0 bridgehead atoms. The first-order chi connectivity index (χ1) is 13.0. The van der Waals surface area contributed by atoms with E-state index in [2.05, 4.69) is 10.6 Å². The van der Waals surface area contributed by atoms with Gasteiger partial charge >= 0.3 is 11.9 Å². The fourth-order valence-corrected chi connectivity index (χ4v) is 2.11. The van der Waals surface area contributed by atoms with E-state index in [1.165, 1.54) is 13.3 Å². The summed E-state index contributed by atoms with van der Waals surface area (Å²) in [4.78, 5) is 35.8. The minimum absolute atomic E-state index is 0.0548. The minimum atomic E-state index is -0.699. The summed E-state index contributed by atoms with van der Waals surface area (Å²) in [6.45, 7) is 2.03. The molecule has 2 aromatic rings. The molecular weight excluding hydrogens is 348 g/mol. The summed E-state index contributed by atoms with van der Waals surface area (Å²) in [5.41, 5.74) is 1.38. The van der Waals surface area contributed by atoms with Gasteiger partial charge in [0.2, 0.25) is 0 Å². The molecule has 1 amide bonds. The number of methoxy groups -OCH3 is 1. The number of anilines is 1. The van der Waals surface area contributed by atoms with E-state index in [1.807, 2.05) is 0 Å². The number of ether oxygens (including phenoxy) is 2. The molecule has 0 atom stereocenters. The van der Waals surface area contributed by atoms with Gasteiger partial charge in [0, 0.05) is 17.5 Å². The Morgan fingerprint density at radius 2 is 1.63 bits per heavy atom. The van der Waals surface area contributed by atoms with Crippen LogP contribution in [0.3, 0.4) is 0 Å². The zero-order valence-corrected chi connectivity index (χ0v) is 15.0. The molecule has 2 aromatic carbocycles. The fraction of sp³-hybridized carbons (Fsp3) is 0.150. The van der Waals surface area contributed by atoms with E-state index in [-0.39, 0.29) is 5.70 Å². The monoisotopic (exact) mass is 368 g/mol. The first kappa shape index (κ1) is 19.7. The molecule has 27 heavy (non-hydrogen) atoms. The molecule has 0 aliphatic rings. The number of carbonyl (C=O) groups excluding carboxylic acids is 3. The number of benzene rings is 2. The van der Waals surface area contributed by atoms with Crippen molar-refractivity contribution in [2.45, 2.75) is 6.92 Å². The van der Waals surface area contributed by atoms with Crippen molar-refractivity contribution in [2.24, 2.45) is 0 Å². The molecule has 0 radical (unpaired) electrons. The van der Waals surface area contributed by atoms with Gasteiger partial charge in [-0.1, -0.05) is 18.2 Å². The molecule has 0 spiro atoms. The molecule has 0 heterocycles. The average molecular weight is 368 g/mol. The summed E-state index contributed by atoms with van der Waals surface area (Å²) in [5.74, 6) is -1.55. The lowest BCUT2D eigenvalue weighted by atomic mass is 10.2. The van der Waals surface area contributed by atoms with Crippen molar-refractivity contribution in [1.29, 1.82) is 0 Å². The Morgan fingerprint density at radius 3 is 2.22 bits per heavy atom. The SMILES string of the molecule is CCOC(=O)c1ccc(N/C=C(\NC(=O)c2ccccc2)C(=O)OC)cc1. The molecule has 2 N–H and O–H groups in total. The summed E-state index contributed by atoms with van der Waals surface area (Å²) < 4.78 is 9.61. The maximum absolute atomic E-state index is 12.2. The van der Waals surface area contributed by atoms with Crippen LogP contribution in [0.5, 0.6) is 0 Å². The quantitative estimate of drug-likeness (QED) is 0.577. The van der Waals surface area contributed by atoms with Gasteiger partial charge in [-0.2, -0.15) is 0 Å². The molecule has 0 aliphatic heterocycles. The molecule has 0 aromatic heterocycles. The molecular formula is C20H20N2O5. The third kappa shape index (κ3) is 5.71. The second-order valence-corrected chi connectivity index (χ2v) is 5.31. The maximum atomic E-state index is 12.2. The highest BCUT2D eigenvalue weighted by Crippen LogP contribution is 2.11. The highest BCUT2D eigenvalue weighted by molar-refractivity contribution is 6.01. The summed E-state index contributed by atoms with van der Waals surface area (Å²) in [6.07, 6.45) is 1.33. The van der Waals surface area contributed by atoms with Crippen molar-refractivity contribution in [3.8, 4) is 0 Å². The van der Waals surface area contributed by atoms with E-state index in [4.69, 9.17) is 9.47 Å². The van der Waals surface area contributed by atoms with Crippen molar-refractivity contribution in [2.75, 3.05) is 19.0 Å². The highest BCUT2D eigenvalue weighted by atomic mass is 16.5.